The number of nitrogens with one attached hydrogen (secondary N) is 1. The van der Waals surface area contributed by atoms with Crippen molar-refractivity contribution < 1.29 is 4.65 Å². The minimum Gasteiger partial charge on any atom is -0.421 e. The van der Waals surface area contributed by atoms with Gasteiger partial charge in [0.1, 0.15) is 0 Å². The van der Waals surface area contributed by atoms with Crippen LogP contribution in [-0.4, -0.2) is 20.2 Å². The van der Waals surface area contributed by atoms with Crippen molar-refractivity contribution in [3.63, 3.8) is 0 Å². The lowest BCUT2D eigenvalue weighted by Gasteiger charge is -2.05. The maximum absolute atomic E-state index is 5.39. The normalized spacial score (nSPS) is 18.3. The molecule has 1 heterocycles. The predicted octanol–water partition coefficient (Wildman–Crippen LogP) is 1.28. The van der Waals surface area contributed by atoms with Gasteiger partial charge in [0, 0.05) is 6.61 Å². The molecule has 2 nitrogen and oxygen atoms in total. The van der Waals surface area contributed by atoms with E-state index in [2.05, 4.69) is 12.2 Å². The van der Waals surface area contributed by atoms with E-state index in [4.69, 9.17) is 4.65 Å². The highest BCUT2D eigenvalue weighted by Crippen LogP contribution is 2.06. The van der Waals surface area contributed by atoms with Crippen molar-refractivity contribution in [1.82, 2.24) is 5.23 Å². The van der Waals surface area contributed by atoms with E-state index < -0.39 is 0 Å². The second kappa shape index (κ2) is 4.75. The lowest BCUT2D eigenvalue weighted by atomic mass is 9.80. The molecular formula is C7H16BNO. The van der Waals surface area contributed by atoms with Crippen LogP contribution in [0.4, 0.5) is 0 Å². The van der Waals surface area contributed by atoms with Gasteiger partial charge in [0.15, 0.2) is 0 Å². The fourth-order valence-corrected chi connectivity index (χ4v) is 1.18. The molecule has 0 atom stereocenters. The van der Waals surface area contributed by atoms with Gasteiger partial charge >= 0.3 is 7.05 Å². The standard InChI is InChI=1S/C7H16BNO/c1-2-3-6-9-8-5-4-7-10-8/h9H,2-7H2,1H3. The maximum atomic E-state index is 5.39. The summed E-state index contributed by atoms with van der Waals surface area (Å²) in [6.07, 6.45) is 4.95. The Bertz CT molecular complexity index is 83.7. The number of hydrogen-bond donors (Lipinski definition) is 1. The Morgan fingerprint density at radius 3 is 3.10 bits per heavy atom. The summed E-state index contributed by atoms with van der Waals surface area (Å²) in [4.78, 5) is 0. The summed E-state index contributed by atoms with van der Waals surface area (Å²) in [5.41, 5.74) is 0. The van der Waals surface area contributed by atoms with E-state index >= 15 is 0 Å². The second-order valence-electron chi connectivity index (χ2n) is 2.81. The Kier molecular flexibility index (Phi) is 3.84. The third-order valence-electron chi connectivity index (χ3n) is 1.83. The van der Waals surface area contributed by atoms with Crippen molar-refractivity contribution in [2.75, 3.05) is 13.2 Å². The van der Waals surface area contributed by atoms with Crippen LogP contribution in [0.3, 0.4) is 0 Å². The molecule has 58 valence electrons. The molecular weight excluding hydrogens is 125 g/mol. The summed E-state index contributed by atoms with van der Waals surface area (Å²) >= 11 is 0. The van der Waals surface area contributed by atoms with E-state index in [1.807, 2.05) is 0 Å². The molecule has 0 radical (unpaired) electrons. The molecule has 0 aromatic heterocycles. The minimum absolute atomic E-state index is 0.367. The summed E-state index contributed by atoms with van der Waals surface area (Å²) in [5, 5.41) is 3.36. The van der Waals surface area contributed by atoms with Crippen molar-refractivity contribution in [2.24, 2.45) is 0 Å². The second-order valence-corrected chi connectivity index (χ2v) is 2.81. The van der Waals surface area contributed by atoms with Crippen LogP contribution in [0.1, 0.15) is 26.2 Å². The van der Waals surface area contributed by atoms with Gasteiger partial charge in [-0.05, 0) is 25.7 Å². The average Bonchev–Trinajstić information content (AvgIpc) is 2.41. The van der Waals surface area contributed by atoms with Gasteiger partial charge in [-0.3, -0.25) is 0 Å². The molecule has 0 bridgehead atoms. The first-order valence-corrected chi connectivity index (χ1v) is 4.28. The zero-order chi connectivity index (χ0) is 7.23. The summed E-state index contributed by atoms with van der Waals surface area (Å²) in [6.45, 7) is 4.27. The third kappa shape index (κ3) is 2.71. The monoisotopic (exact) mass is 141 g/mol. The zero-order valence-corrected chi connectivity index (χ0v) is 6.73. The smallest absolute Gasteiger partial charge is 0.379 e. The molecule has 1 aliphatic heterocycles. The molecule has 0 saturated carbocycles. The Morgan fingerprint density at radius 2 is 2.50 bits per heavy atom. The molecule has 10 heavy (non-hydrogen) atoms. The van der Waals surface area contributed by atoms with E-state index in [-0.39, 0.29) is 0 Å². The predicted molar refractivity (Wildman–Crippen MR) is 44.0 cm³/mol. The number of unbranched alkanes of at least 4 members (excludes halogenated alkanes) is 1. The molecule has 0 amide bonds. The van der Waals surface area contributed by atoms with Crippen LogP contribution >= 0.6 is 0 Å². The Morgan fingerprint density at radius 1 is 1.60 bits per heavy atom. The van der Waals surface area contributed by atoms with E-state index in [1.54, 1.807) is 0 Å². The molecule has 1 rings (SSSR count). The highest BCUT2D eigenvalue weighted by atomic mass is 16.4. The largest absolute Gasteiger partial charge is 0.421 e. The maximum Gasteiger partial charge on any atom is 0.379 e. The van der Waals surface area contributed by atoms with Crippen LogP contribution in [0.15, 0.2) is 0 Å². The van der Waals surface area contributed by atoms with Gasteiger partial charge in [-0.2, -0.15) is 0 Å². The van der Waals surface area contributed by atoms with Crippen molar-refractivity contribution in [2.45, 2.75) is 32.5 Å². The van der Waals surface area contributed by atoms with E-state index in [9.17, 15) is 0 Å². The number of rotatable bonds is 4. The highest BCUT2D eigenvalue weighted by Gasteiger charge is 2.19. The molecule has 0 aromatic carbocycles. The fourth-order valence-electron chi connectivity index (χ4n) is 1.18. The van der Waals surface area contributed by atoms with E-state index in [1.165, 1.54) is 25.6 Å². The van der Waals surface area contributed by atoms with Crippen LogP contribution in [0.5, 0.6) is 0 Å². The first-order chi connectivity index (χ1) is 4.93. The molecule has 1 saturated heterocycles. The zero-order valence-electron chi connectivity index (χ0n) is 6.73. The van der Waals surface area contributed by atoms with Gasteiger partial charge < -0.3 is 9.88 Å². The average molecular weight is 141 g/mol. The first-order valence-electron chi connectivity index (χ1n) is 4.28. The van der Waals surface area contributed by atoms with Crippen molar-refractivity contribution in [3.8, 4) is 0 Å². The van der Waals surface area contributed by atoms with Crippen LogP contribution < -0.4 is 5.23 Å². The highest BCUT2D eigenvalue weighted by molar-refractivity contribution is 6.49. The van der Waals surface area contributed by atoms with Crippen molar-refractivity contribution >= 4 is 7.05 Å². The molecule has 0 aromatic rings. The molecule has 0 unspecified atom stereocenters. The molecule has 1 aliphatic rings. The minimum atomic E-state index is 0.367. The molecule has 0 aliphatic carbocycles. The van der Waals surface area contributed by atoms with E-state index in [0.29, 0.717) is 7.05 Å². The summed E-state index contributed by atoms with van der Waals surface area (Å²) in [6, 6.07) is 0. The molecule has 0 spiro atoms. The summed E-state index contributed by atoms with van der Waals surface area (Å²) in [7, 11) is 0.367. The van der Waals surface area contributed by atoms with Crippen LogP contribution in [0.25, 0.3) is 0 Å². The van der Waals surface area contributed by atoms with E-state index in [0.717, 1.165) is 13.2 Å². The van der Waals surface area contributed by atoms with Crippen LogP contribution in [0, 0.1) is 0 Å². The van der Waals surface area contributed by atoms with Crippen molar-refractivity contribution in [3.05, 3.63) is 0 Å². The van der Waals surface area contributed by atoms with Crippen LogP contribution in [0.2, 0.25) is 6.32 Å². The lowest BCUT2D eigenvalue weighted by molar-refractivity contribution is 0.352. The third-order valence-corrected chi connectivity index (χ3v) is 1.83. The SMILES string of the molecule is CCCCNB1CCCO1. The molecule has 1 fully saturated rings. The van der Waals surface area contributed by atoms with Crippen molar-refractivity contribution in [1.29, 1.82) is 0 Å². The Labute approximate surface area is 63.5 Å². The van der Waals surface area contributed by atoms with Gasteiger partial charge in [-0.15, -0.1) is 0 Å². The summed E-state index contributed by atoms with van der Waals surface area (Å²) < 4.78 is 5.39. The van der Waals surface area contributed by atoms with Gasteiger partial charge in [0.2, 0.25) is 0 Å². The molecule has 1 N–H and O–H groups in total. The quantitative estimate of drug-likeness (QED) is 0.470. The Hall–Kier alpha value is -0.0151. The fraction of sp³-hybridized carbons (Fsp3) is 1.00. The van der Waals surface area contributed by atoms with Crippen LogP contribution in [-0.2, 0) is 4.65 Å². The van der Waals surface area contributed by atoms with Gasteiger partial charge in [0.25, 0.3) is 0 Å². The molecule has 3 heteroatoms. The lowest BCUT2D eigenvalue weighted by Crippen LogP contribution is -2.33. The van der Waals surface area contributed by atoms with Gasteiger partial charge in [-0.25, -0.2) is 0 Å². The Balaban J connectivity index is 1.91. The summed E-state index contributed by atoms with van der Waals surface area (Å²) in [5.74, 6) is 0. The first kappa shape index (κ1) is 8.09. The van der Waals surface area contributed by atoms with Gasteiger partial charge in [-0.1, -0.05) is 13.3 Å². The topological polar surface area (TPSA) is 21.3 Å². The number of hydrogen-bond acceptors (Lipinski definition) is 2. The van der Waals surface area contributed by atoms with Gasteiger partial charge in [0.05, 0.1) is 0 Å².